The molecule has 1 aromatic carbocycles. The lowest BCUT2D eigenvalue weighted by atomic mass is 10.3. The van der Waals surface area contributed by atoms with Crippen molar-refractivity contribution in [3.8, 4) is 5.75 Å². The standard InChI is InChI=1S/C9H11FO2/c1-7(11)6-12-9-4-2-8(10)3-5-9/h2-5,7,11H,6H2,1H3/t7-/m0/s1. The summed E-state index contributed by atoms with van der Waals surface area (Å²) in [5, 5.41) is 8.87. The summed E-state index contributed by atoms with van der Waals surface area (Å²) in [7, 11) is 0. The van der Waals surface area contributed by atoms with Crippen molar-refractivity contribution in [1.82, 2.24) is 0 Å². The van der Waals surface area contributed by atoms with E-state index in [0.29, 0.717) is 5.75 Å². The van der Waals surface area contributed by atoms with Crippen molar-refractivity contribution in [1.29, 1.82) is 0 Å². The highest BCUT2D eigenvalue weighted by Crippen LogP contribution is 2.10. The molecule has 0 bridgehead atoms. The van der Waals surface area contributed by atoms with E-state index in [0.717, 1.165) is 0 Å². The van der Waals surface area contributed by atoms with E-state index in [1.165, 1.54) is 24.3 Å². The molecule has 0 heterocycles. The van der Waals surface area contributed by atoms with Crippen LogP contribution in [0.3, 0.4) is 0 Å². The lowest BCUT2D eigenvalue weighted by Gasteiger charge is -2.07. The molecule has 2 nitrogen and oxygen atoms in total. The van der Waals surface area contributed by atoms with Gasteiger partial charge in [-0.05, 0) is 31.2 Å². The first kappa shape index (κ1) is 9.00. The smallest absolute Gasteiger partial charge is 0.123 e. The van der Waals surface area contributed by atoms with Crippen LogP contribution in [0.2, 0.25) is 0 Å². The predicted molar refractivity (Wildman–Crippen MR) is 43.6 cm³/mol. The number of halogens is 1. The molecule has 1 rings (SSSR count). The number of hydrogen-bond acceptors (Lipinski definition) is 2. The Kier molecular flexibility index (Phi) is 3.05. The molecule has 0 radical (unpaired) electrons. The van der Waals surface area contributed by atoms with Gasteiger partial charge in [0.05, 0.1) is 6.10 Å². The Bertz CT molecular complexity index is 231. The van der Waals surface area contributed by atoms with Crippen molar-refractivity contribution >= 4 is 0 Å². The number of hydrogen-bond donors (Lipinski definition) is 1. The van der Waals surface area contributed by atoms with Crippen LogP contribution < -0.4 is 4.74 Å². The Morgan fingerprint density at radius 1 is 1.42 bits per heavy atom. The average Bonchev–Trinajstić information content (AvgIpc) is 2.03. The highest BCUT2D eigenvalue weighted by molar-refractivity contribution is 5.21. The molecule has 0 spiro atoms. The number of benzene rings is 1. The molecule has 1 N–H and O–H groups in total. The zero-order valence-electron chi connectivity index (χ0n) is 6.83. The van der Waals surface area contributed by atoms with Gasteiger partial charge in [0.2, 0.25) is 0 Å². The summed E-state index contributed by atoms with van der Waals surface area (Å²) in [6.07, 6.45) is -0.505. The van der Waals surface area contributed by atoms with Gasteiger partial charge in [0.1, 0.15) is 18.2 Å². The Labute approximate surface area is 70.6 Å². The molecule has 1 atom stereocenters. The monoisotopic (exact) mass is 170 g/mol. The first-order valence-electron chi connectivity index (χ1n) is 3.75. The van der Waals surface area contributed by atoms with Crippen LogP contribution in [0.5, 0.6) is 5.75 Å². The minimum absolute atomic E-state index is 0.228. The lowest BCUT2D eigenvalue weighted by molar-refractivity contribution is 0.122. The van der Waals surface area contributed by atoms with Gasteiger partial charge in [0, 0.05) is 0 Å². The van der Waals surface area contributed by atoms with Gasteiger partial charge in [-0.2, -0.15) is 0 Å². The maximum atomic E-state index is 12.4. The second kappa shape index (κ2) is 4.07. The summed E-state index contributed by atoms with van der Waals surface area (Å²) < 4.78 is 17.5. The second-order valence-electron chi connectivity index (χ2n) is 2.61. The molecule has 0 aromatic heterocycles. The van der Waals surface area contributed by atoms with E-state index >= 15 is 0 Å². The summed E-state index contributed by atoms with van der Waals surface area (Å²) >= 11 is 0. The van der Waals surface area contributed by atoms with Crippen LogP contribution in [0.15, 0.2) is 24.3 Å². The largest absolute Gasteiger partial charge is 0.491 e. The average molecular weight is 170 g/mol. The fraction of sp³-hybridized carbons (Fsp3) is 0.333. The number of rotatable bonds is 3. The highest BCUT2D eigenvalue weighted by Gasteiger charge is 1.97. The summed E-state index contributed by atoms with van der Waals surface area (Å²) in [4.78, 5) is 0. The van der Waals surface area contributed by atoms with Gasteiger partial charge in [-0.25, -0.2) is 4.39 Å². The van der Waals surface area contributed by atoms with Gasteiger partial charge in [0.25, 0.3) is 0 Å². The van der Waals surface area contributed by atoms with E-state index < -0.39 is 6.10 Å². The fourth-order valence-electron chi connectivity index (χ4n) is 0.748. The molecular formula is C9H11FO2. The van der Waals surface area contributed by atoms with Crippen LogP contribution in [0.1, 0.15) is 6.92 Å². The fourth-order valence-corrected chi connectivity index (χ4v) is 0.748. The van der Waals surface area contributed by atoms with Crippen LogP contribution in [0.4, 0.5) is 4.39 Å². The zero-order valence-corrected chi connectivity index (χ0v) is 6.83. The van der Waals surface area contributed by atoms with Crippen LogP contribution in [-0.4, -0.2) is 17.8 Å². The van der Waals surface area contributed by atoms with Crippen LogP contribution in [-0.2, 0) is 0 Å². The summed E-state index contributed by atoms with van der Waals surface area (Å²) in [5.74, 6) is 0.275. The molecule has 0 amide bonds. The van der Waals surface area contributed by atoms with Gasteiger partial charge in [-0.1, -0.05) is 0 Å². The van der Waals surface area contributed by atoms with Crippen LogP contribution in [0.25, 0.3) is 0 Å². The quantitative estimate of drug-likeness (QED) is 0.746. The van der Waals surface area contributed by atoms with E-state index in [9.17, 15) is 4.39 Å². The van der Waals surface area contributed by atoms with Gasteiger partial charge in [0.15, 0.2) is 0 Å². The SMILES string of the molecule is C[C@H](O)COc1ccc(F)cc1. The lowest BCUT2D eigenvalue weighted by Crippen LogP contribution is -2.12. The maximum Gasteiger partial charge on any atom is 0.123 e. The molecular weight excluding hydrogens is 159 g/mol. The zero-order chi connectivity index (χ0) is 8.97. The van der Waals surface area contributed by atoms with Crippen LogP contribution in [0, 0.1) is 5.82 Å². The Morgan fingerprint density at radius 3 is 2.50 bits per heavy atom. The number of aliphatic hydroxyl groups excluding tert-OH is 1. The van der Waals surface area contributed by atoms with Crippen LogP contribution >= 0.6 is 0 Å². The molecule has 0 saturated carbocycles. The summed E-state index contributed by atoms with van der Waals surface area (Å²) in [5.41, 5.74) is 0. The maximum absolute atomic E-state index is 12.4. The molecule has 1 aromatic rings. The van der Waals surface area contributed by atoms with Gasteiger partial charge >= 0.3 is 0 Å². The summed E-state index contributed by atoms with van der Waals surface area (Å²) in [6.45, 7) is 1.86. The Balaban J connectivity index is 2.48. The van der Waals surface area contributed by atoms with Gasteiger partial charge < -0.3 is 9.84 Å². The van der Waals surface area contributed by atoms with Crippen molar-refractivity contribution < 1.29 is 14.2 Å². The van der Waals surface area contributed by atoms with Crippen molar-refractivity contribution in [3.63, 3.8) is 0 Å². The van der Waals surface area contributed by atoms with E-state index in [-0.39, 0.29) is 12.4 Å². The summed E-state index contributed by atoms with van der Waals surface area (Å²) in [6, 6.07) is 5.68. The molecule has 0 saturated heterocycles. The topological polar surface area (TPSA) is 29.5 Å². The minimum atomic E-state index is -0.505. The number of aliphatic hydroxyl groups is 1. The minimum Gasteiger partial charge on any atom is -0.491 e. The Morgan fingerprint density at radius 2 is 2.00 bits per heavy atom. The number of ether oxygens (including phenoxy) is 1. The molecule has 12 heavy (non-hydrogen) atoms. The van der Waals surface area contributed by atoms with Crippen molar-refractivity contribution in [2.75, 3.05) is 6.61 Å². The van der Waals surface area contributed by atoms with Gasteiger partial charge in [-0.15, -0.1) is 0 Å². The third kappa shape index (κ3) is 2.88. The Hall–Kier alpha value is -1.09. The van der Waals surface area contributed by atoms with Crippen molar-refractivity contribution in [2.24, 2.45) is 0 Å². The first-order valence-corrected chi connectivity index (χ1v) is 3.75. The molecule has 0 fully saturated rings. The predicted octanol–water partition coefficient (Wildman–Crippen LogP) is 1.59. The van der Waals surface area contributed by atoms with Crippen molar-refractivity contribution in [2.45, 2.75) is 13.0 Å². The van der Waals surface area contributed by atoms with E-state index in [1.807, 2.05) is 0 Å². The van der Waals surface area contributed by atoms with E-state index in [2.05, 4.69) is 0 Å². The second-order valence-corrected chi connectivity index (χ2v) is 2.61. The molecule has 0 aliphatic carbocycles. The molecule has 0 aliphatic heterocycles. The van der Waals surface area contributed by atoms with E-state index in [1.54, 1.807) is 6.92 Å². The van der Waals surface area contributed by atoms with E-state index in [4.69, 9.17) is 9.84 Å². The molecule has 0 unspecified atom stereocenters. The third-order valence-corrected chi connectivity index (χ3v) is 1.30. The molecule has 3 heteroatoms. The molecule has 0 aliphatic rings. The van der Waals surface area contributed by atoms with Gasteiger partial charge in [-0.3, -0.25) is 0 Å². The first-order chi connectivity index (χ1) is 5.68. The van der Waals surface area contributed by atoms with Crippen molar-refractivity contribution in [3.05, 3.63) is 30.1 Å². The third-order valence-electron chi connectivity index (χ3n) is 1.30. The highest BCUT2D eigenvalue weighted by atomic mass is 19.1. The normalized spacial score (nSPS) is 12.6. The molecule has 66 valence electrons.